The van der Waals surface area contributed by atoms with Crippen LogP contribution in [0.25, 0.3) is 11.0 Å². The molecule has 0 saturated heterocycles. The second-order valence-electron chi connectivity index (χ2n) is 5.25. The lowest BCUT2D eigenvalue weighted by molar-refractivity contribution is 0.0600. The Labute approximate surface area is 139 Å². The van der Waals surface area contributed by atoms with Gasteiger partial charge in [-0.3, -0.25) is 0 Å². The molecule has 6 nitrogen and oxygen atoms in total. The first-order chi connectivity index (χ1) is 11.8. The molecule has 2 N–H and O–H groups in total. The molecule has 24 heavy (non-hydrogen) atoms. The number of imidazole rings is 1. The second-order valence-corrected chi connectivity index (χ2v) is 5.25. The second kappa shape index (κ2) is 7.50. The summed E-state index contributed by atoms with van der Waals surface area (Å²) in [6.07, 6.45) is 0.829. The first-order valence-electron chi connectivity index (χ1n) is 7.76. The smallest absolute Gasteiger partial charge is 0.337 e. The monoisotopic (exact) mass is 325 g/mol. The van der Waals surface area contributed by atoms with Crippen molar-refractivity contribution in [2.75, 3.05) is 25.6 Å². The first-order valence-corrected chi connectivity index (χ1v) is 7.76. The molecule has 0 fully saturated rings. The Morgan fingerprint density at radius 1 is 1.17 bits per heavy atom. The molecule has 0 aliphatic rings. The van der Waals surface area contributed by atoms with Crippen molar-refractivity contribution in [3.8, 4) is 5.75 Å². The van der Waals surface area contributed by atoms with Crippen LogP contribution < -0.4 is 10.1 Å². The van der Waals surface area contributed by atoms with E-state index in [0.29, 0.717) is 12.2 Å². The molecule has 0 radical (unpaired) electrons. The summed E-state index contributed by atoms with van der Waals surface area (Å²) in [4.78, 5) is 19.0. The number of rotatable bonds is 7. The van der Waals surface area contributed by atoms with Gasteiger partial charge in [0.2, 0.25) is 5.95 Å². The predicted molar refractivity (Wildman–Crippen MR) is 92.5 cm³/mol. The zero-order valence-corrected chi connectivity index (χ0v) is 13.4. The number of aromatic nitrogens is 2. The molecular formula is C18H19N3O3. The maximum absolute atomic E-state index is 11.3. The van der Waals surface area contributed by atoms with Crippen LogP contribution in [0, 0.1) is 0 Å². The highest BCUT2D eigenvalue weighted by Gasteiger charge is 2.04. The molecule has 0 unspecified atom stereocenters. The average molecular weight is 325 g/mol. The number of para-hydroxylation sites is 2. The molecule has 1 heterocycles. The quantitative estimate of drug-likeness (QED) is 0.515. The topological polar surface area (TPSA) is 76.2 Å². The van der Waals surface area contributed by atoms with Crippen molar-refractivity contribution in [2.45, 2.75) is 6.42 Å². The summed E-state index contributed by atoms with van der Waals surface area (Å²) >= 11 is 0. The predicted octanol–water partition coefficient (Wildman–Crippen LogP) is 3.23. The van der Waals surface area contributed by atoms with Crippen LogP contribution in [0.1, 0.15) is 16.8 Å². The first kappa shape index (κ1) is 15.9. The molecule has 3 aromatic rings. The number of ether oxygens (including phenoxy) is 2. The zero-order chi connectivity index (χ0) is 16.8. The molecule has 2 aromatic carbocycles. The Morgan fingerprint density at radius 3 is 2.71 bits per heavy atom. The van der Waals surface area contributed by atoms with Crippen molar-refractivity contribution in [2.24, 2.45) is 0 Å². The minimum atomic E-state index is -0.350. The van der Waals surface area contributed by atoms with E-state index in [2.05, 4.69) is 20.0 Å². The van der Waals surface area contributed by atoms with Gasteiger partial charge in [-0.1, -0.05) is 12.1 Å². The third-order valence-corrected chi connectivity index (χ3v) is 3.55. The number of aromatic amines is 1. The average Bonchev–Trinajstić information content (AvgIpc) is 3.04. The van der Waals surface area contributed by atoms with Crippen molar-refractivity contribution >= 4 is 23.0 Å². The summed E-state index contributed by atoms with van der Waals surface area (Å²) in [5, 5.41) is 3.24. The molecule has 0 spiro atoms. The molecule has 1 aromatic heterocycles. The van der Waals surface area contributed by atoms with Gasteiger partial charge in [0.1, 0.15) is 5.75 Å². The molecule has 6 heteroatoms. The van der Waals surface area contributed by atoms with E-state index in [0.717, 1.165) is 35.7 Å². The maximum Gasteiger partial charge on any atom is 0.337 e. The Balaban J connectivity index is 1.41. The lowest BCUT2D eigenvalue weighted by Gasteiger charge is -2.07. The summed E-state index contributed by atoms with van der Waals surface area (Å²) in [7, 11) is 1.36. The standard InChI is InChI=1S/C18H19N3O3/c1-23-17(22)13-7-9-14(10-8-13)24-12-4-11-19-18-20-15-5-2-3-6-16(15)21-18/h2-3,5-10H,4,11-12H2,1H3,(H2,19,20,21). The number of benzene rings is 2. The van der Waals surface area contributed by atoms with Crippen LogP contribution >= 0.6 is 0 Å². The van der Waals surface area contributed by atoms with Crippen LogP contribution in [-0.2, 0) is 4.74 Å². The Morgan fingerprint density at radius 2 is 1.96 bits per heavy atom. The van der Waals surface area contributed by atoms with E-state index in [-0.39, 0.29) is 5.97 Å². The van der Waals surface area contributed by atoms with Crippen LogP contribution in [0.15, 0.2) is 48.5 Å². The van der Waals surface area contributed by atoms with E-state index < -0.39 is 0 Å². The van der Waals surface area contributed by atoms with Gasteiger partial charge in [0, 0.05) is 6.54 Å². The van der Waals surface area contributed by atoms with Crippen LogP contribution in [0.3, 0.4) is 0 Å². The summed E-state index contributed by atoms with van der Waals surface area (Å²) in [5.74, 6) is 1.14. The van der Waals surface area contributed by atoms with Crippen molar-refractivity contribution in [1.29, 1.82) is 0 Å². The van der Waals surface area contributed by atoms with E-state index in [1.807, 2.05) is 24.3 Å². The van der Waals surface area contributed by atoms with Gasteiger partial charge in [-0.25, -0.2) is 9.78 Å². The fourth-order valence-corrected chi connectivity index (χ4v) is 2.31. The number of carbonyl (C=O) groups excluding carboxylic acids is 1. The Hall–Kier alpha value is -3.02. The lowest BCUT2D eigenvalue weighted by Crippen LogP contribution is -2.08. The number of hydrogen-bond acceptors (Lipinski definition) is 5. The number of methoxy groups -OCH3 is 1. The molecule has 0 aliphatic carbocycles. The van der Waals surface area contributed by atoms with E-state index in [1.54, 1.807) is 24.3 Å². The number of esters is 1. The number of nitrogens with zero attached hydrogens (tertiary/aromatic N) is 1. The largest absolute Gasteiger partial charge is 0.494 e. The number of H-pyrrole nitrogens is 1. The molecule has 0 amide bonds. The SMILES string of the molecule is COC(=O)c1ccc(OCCCNc2nc3ccccc3[nH]2)cc1. The van der Waals surface area contributed by atoms with Gasteiger partial charge >= 0.3 is 5.97 Å². The fraction of sp³-hybridized carbons (Fsp3) is 0.222. The molecular weight excluding hydrogens is 306 g/mol. The van der Waals surface area contributed by atoms with E-state index in [4.69, 9.17) is 4.74 Å². The number of fused-ring (bicyclic) bond motifs is 1. The summed E-state index contributed by atoms with van der Waals surface area (Å²) in [6.45, 7) is 1.32. The van der Waals surface area contributed by atoms with Crippen LogP contribution in [0.4, 0.5) is 5.95 Å². The van der Waals surface area contributed by atoms with E-state index in [1.165, 1.54) is 7.11 Å². The van der Waals surface area contributed by atoms with Gasteiger partial charge in [-0.2, -0.15) is 0 Å². The van der Waals surface area contributed by atoms with E-state index >= 15 is 0 Å². The summed E-state index contributed by atoms with van der Waals surface area (Å²) < 4.78 is 10.3. The van der Waals surface area contributed by atoms with Crippen molar-refractivity contribution in [3.05, 3.63) is 54.1 Å². The Kier molecular flexibility index (Phi) is 4.96. The number of nitrogens with one attached hydrogen (secondary N) is 2. The molecule has 0 aliphatic heterocycles. The number of hydrogen-bond donors (Lipinski definition) is 2. The minimum Gasteiger partial charge on any atom is -0.494 e. The van der Waals surface area contributed by atoms with Crippen LogP contribution in [0.2, 0.25) is 0 Å². The third kappa shape index (κ3) is 3.84. The fourth-order valence-electron chi connectivity index (χ4n) is 2.31. The van der Waals surface area contributed by atoms with Gasteiger partial charge in [0.05, 0.1) is 30.3 Å². The minimum absolute atomic E-state index is 0.350. The third-order valence-electron chi connectivity index (χ3n) is 3.55. The van der Waals surface area contributed by atoms with Crippen molar-refractivity contribution in [3.63, 3.8) is 0 Å². The Bertz CT molecular complexity index is 779. The lowest BCUT2D eigenvalue weighted by atomic mass is 10.2. The molecule has 0 saturated carbocycles. The van der Waals surface area contributed by atoms with Gasteiger partial charge in [0.15, 0.2) is 0 Å². The van der Waals surface area contributed by atoms with Crippen molar-refractivity contribution in [1.82, 2.24) is 9.97 Å². The number of anilines is 1. The van der Waals surface area contributed by atoms with Crippen molar-refractivity contribution < 1.29 is 14.3 Å². The van der Waals surface area contributed by atoms with Gasteiger partial charge in [-0.05, 0) is 42.8 Å². The van der Waals surface area contributed by atoms with Gasteiger partial charge in [0.25, 0.3) is 0 Å². The number of carbonyl (C=O) groups is 1. The zero-order valence-electron chi connectivity index (χ0n) is 13.4. The molecule has 124 valence electrons. The highest BCUT2D eigenvalue weighted by molar-refractivity contribution is 5.89. The van der Waals surface area contributed by atoms with Crippen LogP contribution in [0.5, 0.6) is 5.75 Å². The van der Waals surface area contributed by atoms with Crippen LogP contribution in [-0.4, -0.2) is 36.2 Å². The highest BCUT2D eigenvalue weighted by atomic mass is 16.5. The molecule has 0 atom stereocenters. The normalized spacial score (nSPS) is 10.5. The summed E-state index contributed by atoms with van der Waals surface area (Å²) in [5.41, 5.74) is 2.47. The highest BCUT2D eigenvalue weighted by Crippen LogP contribution is 2.14. The maximum atomic E-state index is 11.3. The molecule has 0 bridgehead atoms. The molecule has 3 rings (SSSR count). The summed E-state index contributed by atoms with van der Waals surface area (Å²) in [6, 6.07) is 14.8. The van der Waals surface area contributed by atoms with Gasteiger partial charge < -0.3 is 19.8 Å². The van der Waals surface area contributed by atoms with Gasteiger partial charge in [-0.15, -0.1) is 0 Å². The van der Waals surface area contributed by atoms with E-state index in [9.17, 15) is 4.79 Å².